The highest BCUT2D eigenvalue weighted by Crippen LogP contribution is 2.67. The van der Waals surface area contributed by atoms with E-state index in [4.69, 9.17) is 33.7 Å². The number of alkyl halides is 2. The van der Waals surface area contributed by atoms with Crippen LogP contribution in [0, 0.1) is 16.7 Å². The van der Waals surface area contributed by atoms with Crippen molar-refractivity contribution in [3.05, 3.63) is 140 Å². The summed E-state index contributed by atoms with van der Waals surface area (Å²) >= 11 is 0. The number of nitrogens with two attached hydrogens (primary N) is 1. The standard InChI is InChI=1S/C68H82F2N5O16P/c1-41(45-24-26-50(27-25-45)68(69,70)92(85,90-39-88-63(82)66(3,4)5)91-40-89-64(83)67(6,7)8)33-52(77)34-48-23-22-46-14-10-15-47-35-56(75(59(46)47)62(48)81)61(80)72-53(29-31-58(71)79)42(2)87-37-44-20-18-43(19-21-44)13-12-32-86-38-49-16-11-17-55-60(49)73(9)65(84)74(55)54-30-28-51(76)36-57(54)78/h10-11,14-21,24-27,33,42,48,53-54,56H,12-13,22-23,28-32,34-40H2,1-9H3,(H2,71,79)(H,72,80)/b41-33+/t42-,48-,53+,54?,56+/m1/s1. The minimum Gasteiger partial charge on any atom is -0.438 e. The number of ether oxygens (including phenoxy) is 4. The van der Waals surface area contributed by atoms with E-state index >= 15 is 8.78 Å². The highest BCUT2D eigenvalue weighted by molar-refractivity contribution is 7.54. The van der Waals surface area contributed by atoms with Gasteiger partial charge in [0.1, 0.15) is 11.8 Å². The molecule has 4 aromatic carbocycles. The van der Waals surface area contributed by atoms with Crippen molar-refractivity contribution in [1.82, 2.24) is 14.5 Å². The third-order valence-electron chi connectivity index (χ3n) is 16.8. The molecule has 1 unspecified atom stereocenters. The first-order valence-electron chi connectivity index (χ1n) is 30.8. The fourth-order valence-corrected chi connectivity index (χ4v) is 12.8. The molecule has 5 atom stereocenters. The fourth-order valence-electron chi connectivity index (χ4n) is 11.5. The molecule has 1 aliphatic carbocycles. The third-order valence-corrected chi connectivity index (χ3v) is 18.6. The van der Waals surface area contributed by atoms with Crippen LogP contribution in [0.1, 0.15) is 152 Å². The number of rotatable bonds is 28. The molecule has 8 rings (SSSR count). The summed E-state index contributed by atoms with van der Waals surface area (Å²) in [7, 11) is -3.93. The Labute approximate surface area is 533 Å². The number of nitrogens with one attached hydrogen (secondary N) is 1. The summed E-state index contributed by atoms with van der Waals surface area (Å²) in [6.45, 7) is 11.0. The lowest BCUT2D eigenvalue weighted by Gasteiger charge is -2.31. The zero-order chi connectivity index (χ0) is 67.0. The van der Waals surface area contributed by atoms with Gasteiger partial charge < -0.3 is 30.0 Å². The second-order valence-electron chi connectivity index (χ2n) is 25.9. The molecule has 0 spiro atoms. The van der Waals surface area contributed by atoms with Gasteiger partial charge in [-0.05, 0) is 139 Å². The number of carbonyl (C=O) groups is 8. The van der Waals surface area contributed by atoms with Gasteiger partial charge in [-0.3, -0.25) is 66.0 Å². The zero-order valence-corrected chi connectivity index (χ0v) is 54.4. The van der Waals surface area contributed by atoms with Crippen molar-refractivity contribution in [2.24, 2.45) is 29.5 Å². The van der Waals surface area contributed by atoms with Crippen molar-refractivity contribution in [1.29, 1.82) is 0 Å². The average Bonchev–Trinajstić information content (AvgIpc) is 1.57. The van der Waals surface area contributed by atoms with Crippen molar-refractivity contribution in [3.63, 3.8) is 0 Å². The molecule has 21 nitrogen and oxygen atoms in total. The smallest absolute Gasteiger partial charge is 0.410 e. The Morgan fingerprint density at radius 3 is 2.07 bits per heavy atom. The topological polar surface area (TPSA) is 277 Å². The van der Waals surface area contributed by atoms with Gasteiger partial charge in [-0.1, -0.05) is 78.9 Å². The number of esters is 2. The maximum Gasteiger partial charge on any atom is 0.410 e. The molecule has 0 radical (unpaired) electrons. The molecule has 0 bridgehead atoms. The molecule has 24 heteroatoms. The molecule has 3 heterocycles. The Balaban J connectivity index is 0.862. The van der Waals surface area contributed by atoms with E-state index in [1.807, 2.05) is 60.7 Å². The van der Waals surface area contributed by atoms with Gasteiger partial charge in [0, 0.05) is 56.4 Å². The number of aryl methyl sites for hydroxylation is 3. The first kappa shape index (κ1) is 70.1. The molecule has 5 aromatic rings. The van der Waals surface area contributed by atoms with E-state index in [1.54, 1.807) is 20.9 Å². The average molecular weight is 1290 g/mol. The summed E-state index contributed by atoms with van der Waals surface area (Å²) < 4.78 is 81.7. The fraction of sp³-hybridized carbons (Fsp3) is 0.485. The van der Waals surface area contributed by atoms with Crippen LogP contribution in [0.2, 0.25) is 0 Å². The van der Waals surface area contributed by atoms with Crippen molar-refractivity contribution in [3.8, 4) is 0 Å². The van der Waals surface area contributed by atoms with Crippen LogP contribution < -0.4 is 21.6 Å². The second kappa shape index (κ2) is 29.4. The number of amides is 3. The number of para-hydroxylation sites is 2. The number of aromatic nitrogens is 2. The number of fused-ring (bicyclic) bond motifs is 1. The van der Waals surface area contributed by atoms with Gasteiger partial charge in [-0.15, -0.1) is 0 Å². The molecular formula is C68H82F2N5O16P. The van der Waals surface area contributed by atoms with Crippen LogP contribution in [-0.2, 0) is 116 Å². The quantitative estimate of drug-likeness (QED) is 0.0118. The normalized spacial score (nSPS) is 17.9. The number of allylic oxidation sites excluding steroid dienone is 2. The Morgan fingerprint density at radius 1 is 0.804 bits per heavy atom. The number of imidazole rings is 1. The lowest BCUT2D eigenvalue weighted by Crippen LogP contribution is -2.54. The summed E-state index contributed by atoms with van der Waals surface area (Å²) in [6, 6.07) is 21.1. The molecule has 2 aliphatic heterocycles. The van der Waals surface area contributed by atoms with Crippen LogP contribution >= 0.6 is 7.60 Å². The molecule has 3 aliphatic rings. The van der Waals surface area contributed by atoms with Gasteiger partial charge in [0.05, 0.1) is 65.4 Å². The summed E-state index contributed by atoms with van der Waals surface area (Å²) in [4.78, 5) is 120. The molecule has 1 aromatic heterocycles. The van der Waals surface area contributed by atoms with Gasteiger partial charge in [0.25, 0.3) is 0 Å². The van der Waals surface area contributed by atoms with Crippen molar-refractivity contribution in [2.45, 2.75) is 169 Å². The van der Waals surface area contributed by atoms with Crippen LogP contribution in [0.4, 0.5) is 14.5 Å². The number of nitrogens with zero attached hydrogens (tertiary/aromatic N) is 3. The van der Waals surface area contributed by atoms with Crippen LogP contribution in [0.15, 0.2) is 95.8 Å². The number of anilines is 1. The van der Waals surface area contributed by atoms with Crippen LogP contribution in [0.25, 0.3) is 16.6 Å². The molecule has 1 fully saturated rings. The summed E-state index contributed by atoms with van der Waals surface area (Å²) in [6.07, 6.45) is 3.27. The highest BCUT2D eigenvalue weighted by Gasteiger charge is 2.56. The van der Waals surface area contributed by atoms with E-state index < -0.39 is 109 Å². The van der Waals surface area contributed by atoms with Crippen LogP contribution in [0.3, 0.4) is 0 Å². The number of ketones is 3. The highest BCUT2D eigenvalue weighted by atomic mass is 31.2. The van der Waals surface area contributed by atoms with Gasteiger partial charge in [0.15, 0.2) is 11.6 Å². The van der Waals surface area contributed by atoms with E-state index in [0.717, 1.165) is 46.4 Å². The molecular weight excluding hydrogens is 1210 g/mol. The second-order valence-corrected chi connectivity index (χ2v) is 28.0. The van der Waals surface area contributed by atoms with E-state index in [2.05, 4.69) is 5.32 Å². The number of benzene rings is 4. The lowest BCUT2D eigenvalue weighted by atomic mass is 9.92. The van der Waals surface area contributed by atoms with Gasteiger partial charge in [0.2, 0.25) is 31.3 Å². The van der Waals surface area contributed by atoms with E-state index in [9.17, 15) is 47.7 Å². The van der Waals surface area contributed by atoms with E-state index in [-0.39, 0.29) is 75.4 Å². The Bertz CT molecular complexity index is 3710. The predicted molar refractivity (Wildman–Crippen MR) is 337 cm³/mol. The van der Waals surface area contributed by atoms with Crippen molar-refractivity contribution in [2.75, 3.05) is 25.1 Å². The molecule has 494 valence electrons. The maximum absolute atomic E-state index is 16.3. The van der Waals surface area contributed by atoms with E-state index in [1.165, 1.54) is 73.8 Å². The number of Topliss-reactive ketones (excluding diaryl/α,β-unsaturated/α-hetero) is 2. The number of halogens is 2. The first-order valence-corrected chi connectivity index (χ1v) is 32.4. The summed E-state index contributed by atoms with van der Waals surface area (Å²) in [5.41, 5.74) is 4.97. The Morgan fingerprint density at radius 2 is 1.43 bits per heavy atom. The van der Waals surface area contributed by atoms with Crippen molar-refractivity contribution < 1.29 is 79.7 Å². The monoisotopic (exact) mass is 1290 g/mol. The number of primary amides is 1. The van der Waals surface area contributed by atoms with Gasteiger partial charge in [-0.25, -0.2) is 4.79 Å². The Hall–Kier alpha value is -7.82. The predicted octanol–water partition coefficient (Wildman–Crippen LogP) is 9.96. The molecule has 3 N–H and O–H groups in total. The maximum atomic E-state index is 16.3. The molecule has 1 saturated carbocycles. The number of hydrogen-bond acceptors (Lipinski definition) is 16. The van der Waals surface area contributed by atoms with Crippen LogP contribution in [0.5, 0.6) is 0 Å². The first-order chi connectivity index (χ1) is 43.4. The lowest BCUT2D eigenvalue weighted by molar-refractivity contribution is -0.163. The van der Waals surface area contributed by atoms with Gasteiger partial charge >= 0.3 is 30.9 Å². The third kappa shape index (κ3) is 16.5. The van der Waals surface area contributed by atoms with Crippen LogP contribution in [-0.4, -0.2) is 94.5 Å². The minimum atomic E-state index is -5.60. The minimum absolute atomic E-state index is 0.0557. The molecule has 92 heavy (non-hydrogen) atoms. The SMILES string of the molecule is C/C(=C\C(=O)C[C@H]1CCc2cccc3c2N(C1=O)[C@H](C(=O)N[C@@H](CCC(N)=O)[C@@H](C)OCc1ccc(CCCOCc2cccc4c2n(C)c(=O)n4C2CCC(=O)CC2=O)cc1)C3)c1ccc(C(F)(F)P(=O)(OCOC(=O)C(C)(C)C)OCOC(=O)C(C)(C)C)cc1. The molecule has 0 saturated heterocycles. The Kier molecular flexibility index (Phi) is 22.4. The van der Waals surface area contributed by atoms with Crippen molar-refractivity contribution >= 4 is 76.9 Å². The van der Waals surface area contributed by atoms with Gasteiger partial charge in [-0.2, -0.15) is 8.78 Å². The number of hydrogen-bond donors (Lipinski definition) is 2. The largest absolute Gasteiger partial charge is 0.438 e. The zero-order valence-electron chi connectivity index (χ0n) is 53.5. The summed E-state index contributed by atoms with van der Waals surface area (Å²) in [5, 5.41) is 3.07. The van der Waals surface area contributed by atoms with E-state index in [0.29, 0.717) is 53.7 Å². The summed E-state index contributed by atoms with van der Waals surface area (Å²) in [5.74, 6) is -4.80. The number of carbonyl (C=O) groups excluding carboxylic acids is 8. The molecule has 3 amide bonds.